The van der Waals surface area contributed by atoms with Gasteiger partial charge in [0.2, 0.25) is 17.1 Å². The van der Waals surface area contributed by atoms with E-state index >= 15 is 0 Å². The maximum Gasteiger partial charge on any atom is 0.221 e. The molecule has 1 aliphatic rings. The second-order valence-corrected chi connectivity index (χ2v) is 8.04. The van der Waals surface area contributed by atoms with Gasteiger partial charge < -0.3 is 24.3 Å². The smallest absolute Gasteiger partial charge is 0.221 e. The lowest BCUT2D eigenvalue weighted by atomic mass is 9.95. The van der Waals surface area contributed by atoms with Crippen molar-refractivity contribution in [3.05, 3.63) is 43.1 Å². The molecule has 0 saturated heterocycles. The summed E-state index contributed by atoms with van der Waals surface area (Å²) in [6.07, 6.45) is 1.26. The molecule has 8 heteroatoms. The van der Waals surface area contributed by atoms with Gasteiger partial charge in [0.15, 0.2) is 17.2 Å². The third kappa shape index (κ3) is 3.92. The van der Waals surface area contributed by atoms with Gasteiger partial charge in [0, 0.05) is 12.5 Å². The molecule has 1 aliphatic carbocycles. The number of carbonyl (C=O) groups is 1. The second kappa shape index (κ2) is 9.11. The van der Waals surface area contributed by atoms with Crippen LogP contribution >= 0.6 is 22.6 Å². The van der Waals surface area contributed by atoms with E-state index in [1.165, 1.54) is 14.0 Å². The van der Waals surface area contributed by atoms with Crippen molar-refractivity contribution in [3.8, 4) is 34.1 Å². The van der Waals surface area contributed by atoms with E-state index in [0.717, 1.165) is 16.7 Å². The van der Waals surface area contributed by atoms with Crippen molar-refractivity contribution < 1.29 is 23.7 Å². The standard InChI is InChI=1S/C22H24INO6/c1-11(25)24-16-7-6-12-8-18(27-2)21(29-4)22(30-5)19(12)14-9-15(23)20(28-3)17(26)10-13(14)16/h8-10,16H,6-7H2,1-5H3,(H,24,25)/t16-/m0/s1. The molecule has 0 unspecified atom stereocenters. The van der Waals surface area contributed by atoms with Gasteiger partial charge in [0.05, 0.1) is 38.1 Å². The molecular weight excluding hydrogens is 501 g/mol. The predicted molar refractivity (Wildman–Crippen MR) is 122 cm³/mol. The summed E-state index contributed by atoms with van der Waals surface area (Å²) in [5.74, 6) is 1.64. The van der Waals surface area contributed by atoms with Gasteiger partial charge in [0.1, 0.15) is 0 Å². The van der Waals surface area contributed by atoms with Crippen LogP contribution in [0, 0.1) is 3.57 Å². The molecule has 7 nitrogen and oxygen atoms in total. The quantitative estimate of drug-likeness (QED) is 0.603. The van der Waals surface area contributed by atoms with E-state index < -0.39 is 0 Å². The third-order valence-corrected chi connectivity index (χ3v) is 5.95. The van der Waals surface area contributed by atoms with Crippen LogP contribution in [0.4, 0.5) is 0 Å². The summed E-state index contributed by atoms with van der Waals surface area (Å²) >= 11 is 2.09. The Balaban J connectivity index is 2.47. The van der Waals surface area contributed by atoms with E-state index in [0.29, 0.717) is 39.2 Å². The van der Waals surface area contributed by atoms with Crippen molar-refractivity contribution in [3.63, 3.8) is 0 Å². The highest BCUT2D eigenvalue weighted by Gasteiger charge is 2.30. The molecule has 0 heterocycles. The molecule has 0 fully saturated rings. The molecule has 0 radical (unpaired) electrons. The van der Waals surface area contributed by atoms with Gasteiger partial charge in [-0.3, -0.25) is 9.59 Å². The lowest BCUT2D eigenvalue weighted by molar-refractivity contribution is -0.119. The van der Waals surface area contributed by atoms with Crippen LogP contribution in [0.15, 0.2) is 23.0 Å². The molecule has 0 saturated carbocycles. The van der Waals surface area contributed by atoms with Gasteiger partial charge in [-0.2, -0.15) is 0 Å². The van der Waals surface area contributed by atoms with Crippen LogP contribution in [-0.2, 0) is 11.2 Å². The SMILES string of the molecule is COc1cc2c(c(OC)c1OC)-c1cc(I)c(OC)c(=O)cc1[C@@H](NC(C)=O)CC2. The number of rotatable bonds is 5. The first-order valence-corrected chi connectivity index (χ1v) is 10.4. The molecule has 1 N–H and O–H groups in total. The average molecular weight is 525 g/mol. The normalized spacial score (nSPS) is 14.7. The van der Waals surface area contributed by atoms with Gasteiger partial charge in [-0.25, -0.2) is 0 Å². The first-order valence-electron chi connectivity index (χ1n) is 9.37. The van der Waals surface area contributed by atoms with Crippen LogP contribution in [0.5, 0.6) is 23.0 Å². The molecule has 2 aromatic carbocycles. The zero-order valence-electron chi connectivity index (χ0n) is 17.6. The highest BCUT2D eigenvalue weighted by atomic mass is 127. The molecule has 0 bridgehead atoms. The summed E-state index contributed by atoms with van der Waals surface area (Å²) in [5, 5.41) is 2.98. The summed E-state index contributed by atoms with van der Waals surface area (Å²) in [7, 11) is 6.17. The number of carbonyl (C=O) groups excluding carboxylic acids is 1. The molecule has 3 rings (SSSR count). The summed E-state index contributed by atoms with van der Waals surface area (Å²) in [6, 6.07) is 5.02. The van der Waals surface area contributed by atoms with Crippen molar-refractivity contribution in [2.24, 2.45) is 0 Å². The van der Waals surface area contributed by atoms with Crippen molar-refractivity contribution in [1.82, 2.24) is 5.32 Å². The molecule has 0 spiro atoms. The first kappa shape index (κ1) is 22.2. The van der Waals surface area contributed by atoms with E-state index in [2.05, 4.69) is 27.9 Å². The maximum atomic E-state index is 12.9. The minimum Gasteiger partial charge on any atom is -0.493 e. The van der Waals surface area contributed by atoms with Crippen LogP contribution < -0.4 is 29.7 Å². The zero-order chi connectivity index (χ0) is 22.0. The average Bonchev–Trinajstić information content (AvgIpc) is 2.92. The molecule has 160 valence electrons. The van der Waals surface area contributed by atoms with Gasteiger partial charge in [-0.1, -0.05) is 0 Å². The van der Waals surface area contributed by atoms with Crippen LogP contribution in [0.3, 0.4) is 0 Å². The van der Waals surface area contributed by atoms with Crippen molar-refractivity contribution in [2.75, 3.05) is 28.4 Å². The largest absolute Gasteiger partial charge is 0.493 e. The number of methoxy groups -OCH3 is 4. The highest BCUT2D eigenvalue weighted by molar-refractivity contribution is 14.1. The van der Waals surface area contributed by atoms with E-state index in [1.54, 1.807) is 27.4 Å². The lowest BCUT2D eigenvalue weighted by Crippen LogP contribution is -2.26. The second-order valence-electron chi connectivity index (χ2n) is 6.87. The molecule has 2 aromatic rings. The Morgan fingerprint density at radius 3 is 2.23 bits per heavy atom. The van der Waals surface area contributed by atoms with E-state index in [4.69, 9.17) is 18.9 Å². The van der Waals surface area contributed by atoms with Crippen molar-refractivity contribution in [2.45, 2.75) is 25.8 Å². The first-order chi connectivity index (χ1) is 14.4. The Kier molecular flexibility index (Phi) is 6.74. The monoisotopic (exact) mass is 525 g/mol. The number of hydrogen-bond donors (Lipinski definition) is 1. The Labute approximate surface area is 188 Å². The van der Waals surface area contributed by atoms with Gasteiger partial charge in [0.25, 0.3) is 0 Å². The van der Waals surface area contributed by atoms with Gasteiger partial charge >= 0.3 is 0 Å². The lowest BCUT2D eigenvalue weighted by Gasteiger charge is -2.19. The molecule has 1 atom stereocenters. The minimum atomic E-state index is -0.341. The number of ether oxygens (including phenoxy) is 4. The van der Waals surface area contributed by atoms with Crippen LogP contribution in [0.2, 0.25) is 0 Å². The fraction of sp³-hybridized carbons (Fsp3) is 0.364. The van der Waals surface area contributed by atoms with Crippen molar-refractivity contribution >= 4 is 28.5 Å². The van der Waals surface area contributed by atoms with Crippen LogP contribution in [0.1, 0.15) is 30.5 Å². The van der Waals surface area contributed by atoms with E-state index in [9.17, 15) is 9.59 Å². The maximum absolute atomic E-state index is 12.9. The number of fused-ring (bicyclic) bond motifs is 3. The molecule has 0 aliphatic heterocycles. The van der Waals surface area contributed by atoms with Crippen LogP contribution in [0.25, 0.3) is 11.1 Å². The Morgan fingerprint density at radius 2 is 1.67 bits per heavy atom. The van der Waals surface area contributed by atoms with Crippen LogP contribution in [-0.4, -0.2) is 34.3 Å². The molecular formula is C22H24INO6. The van der Waals surface area contributed by atoms with Gasteiger partial charge in [-0.15, -0.1) is 0 Å². The third-order valence-electron chi connectivity index (χ3n) is 5.15. The number of nitrogens with one attached hydrogen (secondary N) is 1. The van der Waals surface area contributed by atoms with Gasteiger partial charge in [-0.05, 0) is 70.3 Å². The van der Waals surface area contributed by atoms with E-state index in [1.807, 2.05) is 12.1 Å². The Morgan fingerprint density at radius 1 is 1.00 bits per heavy atom. The summed E-state index contributed by atoms with van der Waals surface area (Å²) in [4.78, 5) is 24.8. The summed E-state index contributed by atoms with van der Waals surface area (Å²) in [6.45, 7) is 1.47. The van der Waals surface area contributed by atoms with E-state index in [-0.39, 0.29) is 23.1 Å². The summed E-state index contributed by atoms with van der Waals surface area (Å²) in [5.41, 5.74) is 3.03. The highest BCUT2D eigenvalue weighted by Crippen LogP contribution is 2.50. The molecule has 0 aromatic heterocycles. The topological polar surface area (TPSA) is 83.1 Å². The number of benzene rings is 1. The zero-order valence-corrected chi connectivity index (χ0v) is 19.7. The summed E-state index contributed by atoms with van der Waals surface area (Å²) < 4.78 is 22.9. The minimum absolute atomic E-state index is 0.167. The Hall–Kier alpha value is -2.49. The fourth-order valence-corrected chi connectivity index (χ4v) is 4.73. The predicted octanol–water partition coefficient (Wildman–Crippen LogP) is 3.48. The number of aryl methyl sites for hydroxylation is 1. The Bertz CT molecular complexity index is 1050. The molecule has 30 heavy (non-hydrogen) atoms. The molecule has 1 amide bonds. The number of amides is 1. The number of halogens is 1. The number of hydrogen-bond acceptors (Lipinski definition) is 6. The van der Waals surface area contributed by atoms with Crippen molar-refractivity contribution in [1.29, 1.82) is 0 Å². The fourth-order valence-electron chi connectivity index (χ4n) is 3.93.